The molecule has 0 saturated carbocycles. The number of nitrogens with zero attached hydrogens (tertiary/aromatic N) is 8. The molecular formula is C24H25F3N8O3. The fourth-order valence-corrected chi connectivity index (χ4v) is 5.47. The maximum Gasteiger partial charge on any atom is 0.433 e. The lowest BCUT2D eigenvalue weighted by atomic mass is 9.85. The molecule has 1 spiro atoms. The van der Waals surface area contributed by atoms with E-state index in [0.29, 0.717) is 50.6 Å². The van der Waals surface area contributed by atoms with Crippen molar-refractivity contribution < 1.29 is 27.5 Å². The number of likely N-dealkylation sites (N-methyl/N-ethyl adjacent to an activating group) is 1. The van der Waals surface area contributed by atoms with Gasteiger partial charge in [0, 0.05) is 19.6 Å². The van der Waals surface area contributed by atoms with Crippen LogP contribution < -0.4 is 9.80 Å². The maximum atomic E-state index is 13.7. The van der Waals surface area contributed by atoms with Crippen molar-refractivity contribution in [2.24, 2.45) is 0 Å². The number of aromatic nitrogens is 5. The zero-order valence-electron chi connectivity index (χ0n) is 20.8. The van der Waals surface area contributed by atoms with Crippen LogP contribution in [-0.2, 0) is 15.7 Å². The topological polar surface area (TPSA) is 110 Å². The predicted octanol–water partition coefficient (Wildman–Crippen LogP) is 2.95. The number of carbonyl (C=O) groups excluding carboxylic acids is 2. The summed E-state index contributed by atoms with van der Waals surface area (Å²) in [6.45, 7) is 5.97. The number of ether oxygens (including phenoxy) is 1. The molecule has 0 radical (unpaired) electrons. The van der Waals surface area contributed by atoms with Gasteiger partial charge in [0.25, 0.3) is 5.91 Å². The highest BCUT2D eigenvalue weighted by atomic mass is 19.4. The Morgan fingerprint density at radius 2 is 1.84 bits per heavy atom. The molecule has 38 heavy (non-hydrogen) atoms. The highest BCUT2D eigenvalue weighted by Crippen LogP contribution is 2.40. The van der Waals surface area contributed by atoms with Crippen LogP contribution in [0.25, 0.3) is 11.2 Å². The van der Waals surface area contributed by atoms with Gasteiger partial charge in [0.05, 0.1) is 37.0 Å². The SMILES string of the molecule is CCN1C(=O)N(c2ccc(C(F)(F)F)nc2)C(=O)C12CCN(c1cnc3c(C)nn(C4COC4)c3n1)CC2. The zero-order valence-corrected chi connectivity index (χ0v) is 20.8. The summed E-state index contributed by atoms with van der Waals surface area (Å²) in [6.07, 6.45) is -1.33. The average Bonchev–Trinajstić information content (AvgIpc) is 3.28. The van der Waals surface area contributed by atoms with E-state index < -0.39 is 29.3 Å². The Balaban J connectivity index is 1.25. The van der Waals surface area contributed by atoms with Crippen molar-refractivity contribution in [3.63, 3.8) is 0 Å². The molecule has 0 atom stereocenters. The molecule has 0 bridgehead atoms. The van der Waals surface area contributed by atoms with Gasteiger partial charge in [-0.1, -0.05) is 0 Å². The van der Waals surface area contributed by atoms with E-state index in [2.05, 4.69) is 15.1 Å². The van der Waals surface area contributed by atoms with Crippen molar-refractivity contribution in [3.05, 3.63) is 35.9 Å². The molecule has 6 heterocycles. The molecule has 14 heteroatoms. The molecule has 200 valence electrons. The molecule has 3 aromatic heterocycles. The predicted molar refractivity (Wildman–Crippen MR) is 129 cm³/mol. The van der Waals surface area contributed by atoms with Crippen LogP contribution in [0.4, 0.5) is 29.5 Å². The highest BCUT2D eigenvalue weighted by Gasteiger charge is 2.58. The standard InChI is InChI=1S/C24H25F3N8O3/c1-3-33-22(37)34(15-4-5-17(28-10-15)24(25,26)27)21(36)23(33)6-8-32(9-7-23)18-11-29-19-14(2)31-35(20(19)30-18)16-12-38-13-16/h4-5,10-11,16H,3,6-9,12-13H2,1-2H3. The van der Waals surface area contributed by atoms with Gasteiger partial charge in [-0.25, -0.2) is 29.3 Å². The van der Waals surface area contributed by atoms with Crippen LogP contribution in [0, 0.1) is 6.92 Å². The Bertz CT molecular complexity index is 1410. The Kier molecular flexibility index (Phi) is 5.56. The summed E-state index contributed by atoms with van der Waals surface area (Å²) in [7, 11) is 0. The van der Waals surface area contributed by atoms with Crippen molar-refractivity contribution in [1.29, 1.82) is 0 Å². The Morgan fingerprint density at radius 3 is 2.42 bits per heavy atom. The van der Waals surface area contributed by atoms with E-state index in [-0.39, 0.29) is 18.3 Å². The molecular weight excluding hydrogens is 505 g/mol. The molecule has 0 N–H and O–H groups in total. The van der Waals surface area contributed by atoms with Gasteiger partial charge in [0.2, 0.25) is 0 Å². The van der Waals surface area contributed by atoms with Crippen LogP contribution >= 0.6 is 0 Å². The maximum absolute atomic E-state index is 13.7. The number of halogens is 3. The fraction of sp³-hybridized carbons (Fsp3) is 0.500. The largest absolute Gasteiger partial charge is 0.433 e. The van der Waals surface area contributed by atoms with Gasteiger partial charge in [-0.2, -0.15) is 18.3 Å². The molecule has 3 amide bonds. The number of pyridine rings is 1. The fourth-order valence-electron chi connectivity index (χ4n) is 5.47. The first-order valence-corrected chi connectivity index (χ1v) is 12.4. The summed E-state index contributed by atoms with van der Waals surface area (Å²) < 4.78 is 46.0. The first kappa shape index (κ1) is 24.5. The van der Waals surface area contributed by atoms with Crippen LogP contribution in [0.3, 0.4) is 0 Å². The minimum absolute atomic E-state index is 0.0191. The number of carbonyl (C=O) groups is 2. The van der Waals surface area contributed by atoms with Gasteiger partial charge in [-0.3, -0.25) is 4.79 Å². The van der Waals surface area contributed by atoms with Crippen LogP contribution in [0.15, 0.2) is 24.5 Å². The lowest BCUT2D eigenvalue weighted by Gasteiger charge is -2.42. The van der Waals surface area contributed by atoms with E-state index in [1.54, 1.807) is 13.1 Å². The van der Waals surface area contributed by atoms with Crippen LogP contribution in [0.5, 0.6) is 0 Å². The average molecular weight is 531 g/mol. The Morgan fingerprint density at radius 1 is 1.11 bits per heavy atom. The van der Waals surface area contributed by atoms with E-state index in [1.165, 1.54) is 4.90 Å². The number of rotatable bonds is 4. The van der Waals surface area contributed by atoms with Gasteiger partial charge in [-0.05, 0) is 38.8 Å². The van der Waals surface area contributed by atoms with E-state index in [9.17, 15) is 22.8 Å². The van der Waals surface area contributed by atoms with Crippen LogP contribution in [0.2, 0.25) is 0 Å². The number of fused-ring (bicyclic) bond motifs is 1. The molecule has 3 saturated heterocycles. The third-order valence-corrected chi connectivity index (χ3v) is 7.59. The molecule has 0 aromatic carbocycles. The molecule has 11 nitrogen and oxygen atoms in total. The summed E-state index contributed by atoms with van der Waals surface area (Å²) in [6, 6.07) is 1.44. The minimum atomic E-state index is -4.62. The molecule has 3 fully saturated rings. The third kappa shape index (κ3) is 3.61. The Labute approximate surface area is 215 Å². The monoisotopic (exact) mass is 530 g/mol. The quantitative estimate of drug-likeness (QED) is 0.474. The summed E-state index contributed by atoms with van der Waals surface area (Å²) in [5.74, 6) is 0.197. The number of amides is 3. The number of alkyl halides is 3. The van der Waals surface area contributed by atoms with Gasteiger partial charge in [-0.15, -0.1) is 0 Å². The highest BCUT2D eigenvalue weighted by molar-refractivity contribution is 6.23. The van der Waals surface area contributed by atoms with E-state index in [0.717, 1.165) is 34.4 Å². The molecule has 3 aliphatic rings. The van der Waals surface area contributed by atoms with Gasteiger partial charge < -0.3 is 14.5 Å². The smallest absolute Gasteiger partial charge is 0.377 e. The van der Waals surface area contributed by atoms with E-state index in [1.807, 2.05) is 16.5 Å². The third-order valence-electron chi connectivity index (χ3n) is 7.59. The molecule has 0 unspecified atom stereocenters. The molecule has 0 aliphatic carbocycles. The zero-order chi connectivity index (χ0) is 26.8. The summed E-state index contributed by atoms with van der Waals surface area (Å²) in [4.78, 5) is 44.3. The number of urea groups is 1. The van der Waals surface area contributed by atoms with Crippen LogP contribution in [0.1, 0.15) is 37.2 Å². The molecule has 3 aromatic rings. The van der Waals surface area contributed by atoms with Crippen molar-refractivity contribution in [2.45, 2.75) is 44.4 Å². The van der Waals surface area contributed by atoms with Gasteiger partial charge in [0.15, 0.2) is 5.65 Å². The summed E-state index contributed by atoms with van der Waals surface area (Å²) >= 11 is 0. The summed E-state index contributed by atoms with van der Waals surface area (Å²) in [5.41, 5.74) is 0.0286. The van der Waals surface area contributed by atoms with Crippen molar-refractivity contribution in [1.82, 2.24) is 29.6 Å². The second-order valence-corrected chi connectivity index (χ2v) is 9.71. The van der Waals surface area contributed by atoms with Crippen molar-refractivity contribution in [3.8, 4) is 0 Å². The number of hydrogen-bond donors (Lipinski definition) is 0. The number of hydrogen-bond acceptors (Lipinski definition) is 8. The van der Waals surface area contributed by atoms with Crippen molar-refractivity contribution >= 4 is 34.6 Å². The van der Waals surface area contributed by atoms with Crippen LogP contribution in [-0.4, -0.2) is 80.0 Å². The van der Waals surface area contributed by atoms with Gasteiger partial charge in [0.1, 0.15) is 28.6 Å². The van der Waals surface area contributed by atoms with Gasteiger partial charge >= 0.3 is 12.2 Å². The lowest BCUT2D eigenvalue weighted by Crippen LogP contribution is -2.56. The number of imide groups is 1. The minimum Gasteiger partial charge on any atom is -0.377 e. The lowest BCUT2D eigenvalue weighted by molar-refractivity contribution is -0.141. The molecule has 3 aliphatic heterocycles. The first-order valence-electron chi connectivity index (χ1n) is 12.4. The number of anilines is 2. The van der Waals surface area contributed by atoms with E-state index in [4.69, 9.17) is 9.72 Å². The Hall–Kier alpha value is -3.81. The number of piperidine rings is 1. The van der Waals surface area contributed by atoms with Crippen molar-refractivity contribution in [2.75, 3.05) is 42.6 Å². The second kappa shape index (κ2) is 8.61. The summed E-state index contributed by atoms with van der Waals surface area (Å²) in [5, 5.41) is 4.58. The molecule has 6 rings (SSSR count). The first-order chi connectivity index (χ1) is 18.1. The van der Waals surface area contributed by atoms with E-state index >= 15 is 0 Å². The second-order valence-electron chi connectivity index (χ2n) is 9.71. The number of aryl methyl sites for hydroxylation is 1. The normalized spacial score (nSPS) is 20.2.